The first-order valence-corrected chi connectivity index (χ1v) is 15.8. The van der Waals surface area contributed by atoms with Crippen molar-refractivity contribution in [3.63, 3.8) is 0 Å². The highest BCUT2D eigenvalue weighted by Crippen LogP contribution is 2.32. The van der Waals surface area contributed by atoms with E-state index in [2.05, 4.69) is 24.5 Å². The maximum atomic E-state index is 14.7. The van der Waals surface area contributed by atoms with E-state index in [1.165, 1.54) is 0 Å². The van der Waals surface area contributed by atoms with E-state index in [1.807, 2.05) is 95.3 Å². The fourth-order valence-electron chi connectivity index (χ4n) is 5.39. The number of hydrogen-bond acceptors (Lipinski definition) is 4. The van der Waals surface area contributed by atoms with Crippen LogP contribution in [0.15, 0.2) is 60.7 Å². The smallest absolute Gasteiger partial charge is 0.408 e. The van der Waals surface area contributed by atoms with Crippen LogP contribution in [-0.4, -0.2) is 40.5 Å². The molecule has 0 heterocycles. The normalized spacial score (nSPS) is 13.8. The Morgan fingerprint density at radius 2 is 1.50 bits per heavy atom. The van der Waals surface area contributed by atoms with Crippen molar-refractivity contribution in [1.29, 1.82) is 0 Å². The minimum absolute atomic E-state index is 0.252. The zero-order chi connectivity index (χ0) is 32.8. The van der Waals surface area contributed by atoms with Crippen LogP contribution in [0.2, 0.25) is 0 Å². The molecule has 2 N–H and O–H groups in total. The minimum atomic E-state index is -0.933. The summed E-state index contributed by atoms with van der Waals surface area (Å²) in [5.41, 5.74) is 2.66. The molecule has 0 aromatic heterocycles. The number of carbonyl (C=O) groups excluding carboxylic acids is 3. The second-order valence-corrected chi connectivity index (χ2v) is 13.7. The molecule has 44 heavy (non-hydrogen) atoms. The molecule has 0 spiro atoms. The molecule has 3 aromatic rings. The Morgan fingerprint density at radius 1 is 0.841 bits per heavy atom. The molecule has 0 aliphatic carbocycles. The molecule has 3 aromatic carbocycles. The van der Waals surface area contributed by atoms with E-state index in [9.17, 15) is 14.4 Å². The van der Waals surface area contributed by atoms with E-state index >= 15 is 0 Å². The Balaban J connectivity index is 2.13. The van der Waals surface area contributed by atoms with Crippen molar-refractivity contribution in [3.05, 3.63) is 77.4 Å². The number of nitrogens with zero attached hydrogens (tertiary/aromatic N) is 1. The third-order valence-electron chi connectivity index (χ3n) is 7.98. The number of aryl methyl sites for hydroxylation is 1. The predicted octanol–water partition coefficient (Wildman–Crippen LogP) is 8.34. The van der Waals surface area contributed by atoms with E-state index in [0.717, 1.165) is 33.9 Å². The van der Waals surface area contributed by atoms with Crippen molar-refractivity contribution in [2.75, 3.05) is 5.32 Å². The van der Waals surface area contributed by atoms with Crippen molar-refractivity contribution in [2.45, 2.75) is 106 Å². The summed E-state index contributed by atoms with van der Waals surface area (Å²) in [7, 11) is 0. The Labute approximate surface area is 263 Å². The summed E-state index contributed by atoms with van der Waals surface area (Å²) < 4.78 is 5.53. The van der Waals surface area contributed by atoms with Crippen LogP contribution in [0.4, 0.5) is 10.5 Å². The van der Waals surface area contributed by atoms with Gasteiger partial charge < -0.3 is 20.3 Å². The van der Waals surface area contributed by atoms with Crippen LogP contribution in [0, 0.1) is 25.7 Å². The molecule has 7 nitrogen and oxygen atoms in total. The fourth-order valence-corrected chi connectivity index (χ4v) is 5.39. The highest BCUT2D eigenvalue weighted by atomic mass is 16.6. The van der Waals surface area contributed by atoms with Gasteiger partial charge in [0.15, 0.2) is 0 Å². The predicted molar refractivity (Wildman–Crippen MR) is 180 cm³/mol. The summed E-state index contributed by atoms with van der Waals surface area (Å²) >= 11 is 0. The number of ether oxygens (including phenoxy) is 1. The van der Waals surface area contributed by atoms with Crippen molar-refractivity contribution in [2.24, 2.45) is 11.8 Å². The Kier molecular flexibility index (Phi) is 11.6. The number of nitrogens with one attached hydrogen (secondary N) is 2. The number of amides is 3. The molecule has 0 aliphatic rings. The van der Waals surface area contributed by atoms with Gasteiger partial charge in [-0.1, -0.05) is 76.2 Å². The van der Waals surface area contributed by atoms with Crippen LogP contribution in [-0.2, 0) is 14.3 Å². The number of fused-ring (bicyclic) bond motifs is 1. The van der Waals surface area contributed by atoms with Gasteiger partial charge in [-0.15, -0.1) is 0 Å². The van der Waals surface area contributed by atoms with Crippen LogP contribution < -0.4 is 10.6 Å². The molecule has 3 amide bonds. The number of carbonyl (C=O) groups is 3. The topological polar surface area (TPSA) is 87.7 Å². The molecule has 0 saturated carbocycles. The first-order valence-electron chi connectivity index (χ1n) is 15.8. The van der Waals surface area contributed by atoms with Crippen LogP contribution >= 0.6 is 0 Å². The van der Waals surface area contributed by atoms with Crippen molar-refractivity contribution >= 4 is 34.4 Å². The summed E-state index contributed by atoms with van der Waals surface area (Å²) in [5.74, 6) is -0.460. The summed E-state index contributed by atoms with van der Waals surface area (Å²) in [6.07, 6.45) is 0.914. The highest BCUT2D eigenvalue weighted by molar-refractivity contribution is 6.00. The van der Waals surface area contributed by atoms with Crippen LogP contribution in [0.25, 0.3) is 10.8 Å². The quantitative estimate of drug-likeness (QED) is 0.231. The van der Waals surface area contributed by atoms with E-state index < -0.39 is 23.8 Å². The zero-order valence-electron chi connectivity index (χ0n) is 28.2. The molecule has 3 unspecified atom stereocenters. The molecule has 0 aliphatic heterocycles. The third kappa shape index (κ3) is 9.07. The van der Waals surface area contributed by atoms with Gasteiger partial charge >= 0.3 is 6.09 Å². The summed E-state index contributed by atoms with van der Waals surface area (Å²) in [5, 5.41) is 8.04. The van der Waals surface area contributed by atoms with Crippen molar-refractivity contribution in [1.82, 2.24) is 10.2 Å². The van der Waals surface area contributed by atoms with E-state index in [4.69, 9.17) is 4.74 Å². The van der Waals surface area contributed by atoms with Crippen LogP contribution in [0.5, 0.6) is 0 Å². The lowest BCUT2D eigenvalue weighted by atomic mass is 9.91. The Bertz CT molecular complexity index is 1460. The maximum absolute atomic E-state index is 14.7. The lowest BCUT2D eigenvalue weighted by Crippen LogP contribution is -2.56. The SMILES string of the molecule is Cc1cccc(C(C(=O)Nc2ccc3ccccc3c2)N(C(=O)C(NC(=O)OC(C)(C)C)C(C)C)C(C)CCC(C)C)c1C. The van der Waals surface area contributed by atoms with Gasteiger partial charge in [-0.05, 0) is 106 Å². The molecule has 0 radical (unpaired) electrons. The molecule has 3 rings (SSSR count). The molecular formula is C37H51N3O4. The van der Waals surface area contributed by atoms with Gasteiger partial charge in [-0.25, -0.2) is 4.79 Å². The summed E-state index contributed by atoms with van der Waals surface area (Å²) in [4.78, 5) is 43.8. The average molecular weight is 602 g/mol. The third-order valence-corrected chi connectivity index (χ3v) is 7.98. The molecule has 0 bridgehead atoms. The minimum Gasteiger partial charge on any atom is -0.444 e. The molecule has 7 heteroatoms. The standard InChI is InChI=1S/C37H51N3O4/c1-23(2)18-19-26(6)40(35(42)32(24(3)4)39-36(43)44-37(8,9)10)33(31-17-13-14-25(5)27(31)7)34(41)38-30-21-20-28-15-11-12-16-29(28)22-30/h11-17,20-24,26,32-33H,18-19H2,1-10H3,(H,38,41)(H,39,43). The monoisotopic (exact) mass is 601 g/mol. The maximum Gasteiger partial charge on any atom is 0.408 e. The van der Waals surface area contributed by atoms with E-state index in [0.29, 0.717) is 18.0 Å². The van der Waals surface area contributed by atoms with Gasteiger partial charge in [0.25, 0.3) is 5.91 Å². The summed E-state index contributed by atoms with van der Waals surface area (Å²) in [6.45, 7) is 19.4. The largest absolute Gasteiger partial charge is 0.444 e. The van der Waals surface area contributed by atoms with Crippen LogP contribution in [0.1, 0.15) is 91.0 Å². The lowest BCUT2D eigenvalue weighted by Gasteiger charge is -2.40. The molecular weight excluding hydrogens is 550 g/mol. The molecule has 3 atom stereocenters. The number of rotatable bonds is 11. The number of hydrogen-bond donors (Lipinski definition) is 2. The van der Waals surface area contributed by atoms with Crippen molar-refractivity contribution in [3.8, 4) is 0 Å². The summed E-state index contributed by atoms with van der Waals surface area (Å²) in [6, 6.07) is 17.5. The van der Waals surface area contributed by atoms with Gasteiger partial charge in [0.05, 0.1) is 0 Å². The van der Waals surface area contributed by atoms with Gasteiger partial charge in [-0.2, -0.15) is 0 Å². The lowest BCUT2D eigenvalue weighted by molar-refractivity contribution is -0.144. The molecule has 238 valence electrons. The van der Waals surface area contributed by atoms with Gasteiger partial charge in [0.1, 0.15) is 17.7 Å². The van der Waals surface area contributed by atoms with Gasteiger partial charge in [0, 0.05) is 11.7 Å². The van der Waals surface area contributed by atoms with E-state index in [-0.39, 0.29) is 23.8 Å². The average Bonchev–Trinajstić information content (AvgIpc) is 2.93. The van der Waals surface area contributed by atoms with Gasteiger partial charge in [0.2, 0.25) is 5.91 Å². The Morgan fingerprint density at radius 3 is 2.11 bits per heavy atom. The van der Waals surface area contributed by atoms with E-state index in [1.54, 1.807) is 25.7 Å². The molecule has 0 fully saturated rings. The highest BCUT2D eigenvalue weighted by Gasteiger charge is 2.40. The number of benzene rings is 3. The van der Waals surface area contributed by atoms with Crippen molar-refractivity contribution < 1.29 is 19.1 Å². The van der Waals surface area contributed by atoms with Gasteiger partial charge in [-0.3, -0.25) is 9.59 Å². The second kappa shape index (κ2) is 14.7. The fraction of sp³-hybridized carbons (Fsp3) is 0.486. The first-order chi connectivity index (χ1) is 20.6. The van der Waals surface area contributed by atoms with Crippen LogP contribution in [0.3, 0.4) is 0 Å². The first kappa shape index (κ1) is 34.6. The molecule has 0 saturated heterocycles. The number of alkyl carbamates (subject to hydrolysis) is 1. The Hall–Kier alpha value is -3.87. The number of anilines is 1. The zero-order valence-corrected chi connectivity index (χ0v) is 28.2. The second-order valence-electron chi connectivity index (χ2n) is 13.7.